The number of aromatic nitrogens is 2. The second-order valence-electron chi connectivity index (χ2n) is 7.46. The second kappa shape index (κ2) is 6.55. The standard InChI is InChI=1S/C22H26FN2/c1-13(2)9-17-7-8-20-19(11-17)22(25(6)12-24-20)18-10-14(3)21(23)16(5)15(18)4/h7-8,10-13H,9H2,1-6H3/q+1. The van der Waals surface area contributed by atoms with Gasteiger partial charge in [0.15, 0.2) is 5.52 Å². The Morgan fingerprint density at radius 3 is 2.48 bits per heavy atom. The summed E-state index contributed by atoms with van der Waals surface area (Å²) >= 11 is 0. The Balaban J connectivity index is 2.34. The van der Waals surface area contributed by atoms with Crippen molar-refractivity contribution in [2.45, 2.75) is 41.0 Å². The number of rotatable bonds is 3. The lowest BCUT2D eigenvalue weighted by Crippen LogP contribution is -2.32. The van der Waals surface area contributed by atoms with E-state index in [0.29, 0.717) is 11.5 Å². The number of nitrogens with zero attached hydrogens (tertiary/aromatic N) is 2. The maximum absolute atomic E-state index is 14.3. The van der Waals surface area contributed by atoms with Gasteiger partial charge in [0.2, 0.25) is 0 Å². The van der Waals surface area contributed by atoms with Gasteiger partial charge in [-0.25, -0.2) is 8.96 Å². The van der Waals surface area contributed by atoms with E-state index in [-0.39, 0.29) is 5.82 Å². The van der Waals surface area contributed by atoms with Gasteiger partial charge >= 0.3 is 0 Å². The van der Waals surface area contributed by atoms with Crippen molar-refractivity contribution in [3.05, 3.63) is 58.7 Å². The molecule has 0 bridgehead atoms. The number of hydrogen-bond donors (Lipinski definition) is 0. The van der Waals surface area contributed by atoms with Gasteiger partial charge in [-0.3, -0.25) is 0 Å². The summed E-state index contributed by atoms with van der Waals surface area (Å²) in [4.78, 5) is 4.57. The summed E-state index contributed by atoms with van der Waals surface area (Å²) < 4.78 is 16.3. The lowest BCUT2D eigenvalue weighted by molar-refractivity contribution is -0.662. The van der Waals surface area contributed by atoms with E-state index < -0.39 is 0 Å². The molecule has 0 atom stereocenters. The zero-order chi connectivity index (χ0) is 18.3. The number of benzene rings is 2. The van der Waals surface area contributed by atoms with Crippen LogP contribution in [0.15, 0.2) is 30.6 Å². The van der Waals surface area contributed by atoms with Crippen LogP contribution in [0.5, 0.6) is 0 Å². The molecule has 3 heteroatoms. The Labute approximate surface area is 149 Å². The first-order chi connectivity index (χ1) is 11.8. The van der Waals surface area contributed by atoms with Crippen molar-refractivity contribution in [1.82, 2.24) is 4.98 Å². The molecule has 1 heterocycles. The minimum absolute atomic E-state index is 0.109. The lowest BCUT2D eigenvalue weighted by Gasteiger charge is -2.14. The third kappa shape index (κ3) is 3.15. The van der Waals surface area contributed by atoms with Gasteiger partial charge in [0.05, 0.1) is 12.4 Å². The van der Waals surface area contributed by atoms with E-state index in [1.807, 2.05) is 44.8 Å². The highest BCUT2D eigenvalue weighted by Crippen LogP contribution is 2.32. The quantitative estimate of drug-likeness (QED) is 0.615. The molecule has 0 spiro atoms. The summed E-state index contributed by atoms with van der Waals surface area (Å²) in [6.07, 6.45) is 2.88. The molecule has 3 rings (SSSR count). The summed E-state index contributed by atoms with van der Waals surface area (Å²) in [7, 11) is 2.00. The fraction of sp³-hybridized carbons (Fsp3) is 0.364. The monoisotopic (exact) mass is 337 g/mol. The highest BCUT2D eigenvalue weighted by molar-refractivity contribution is 5.92. The molecular weight excluding hydrogens is 311 g/mol. The minimum atomic E-state index is -0.109. The molecule has 0 unspecified atom stereocenters. The molecule has 25 heavy (non-hydrogen) atoms. The van der Waals surface area contributed by atoms with E-state index in [2.05, 4.69) is 37.0 Å². The van der Waals surface area contributed by atoms with Gasteiger partial charge in [0.1, 0.15) is 11.5 Å². The molecule has 2 nitrogen and oxygen atoms in total. The van der Waals surface area contributed by atoms with Crippen LogP contribution in [0.25, 0.3) is 22.2 Å². The van der Waals surface area contributed by atoms with Crippen LogP contribution in [0, 0.1) is 32.5 Å². The molecule has 3 aromatic rings. The molecule has 0 saturated carbocycles. The fourth-order valence-corrected chi connectivity index (χ4v) is 3.51. The number of hydrogen-bond acceptors (Lipinski definition) is 1. The minimum Gasteiger partial charge on any atom is -0.232 e. The Kier molecular flexibility index (Phi) is 4.59. The van der Waals surface area contributed by atoms with Gasteiger partial charge in [0, 0.05) is 5.56 Å². The molecule has 0 aliphatic heterocycles. The first-order valence-corrected chi connectivity index (χ1v) is 8.83. The summed E-state index contributed by atoms with van der Waals surface area (Å²) in [6.45, 7) is 10.1. The van der Waals surface area contributed by atoms with Crippen molar-refractivity contribution in [3.8, 4) is 11.3 Å². The molecule has 1 aromatic heterocycles. The van der Waals surface area contributed by atoms with Crippen LogP contribution in [0.2, 0.25) is 0 Å². The van der Waals surface area contributed by atoms with E-state index in [4.69, 9.17) is 0 Å². The summed E-state index contributed by atoms with van der Waals surface area (Å²) in [5.74, 6) is 0.492. The van der Waals surface area contributed by atoms with Crippen molar-refractivity contribution >= 4 is 10.9 Å². The topological polar surface area (TPSA) is 16.8 Å². The number of aryl methyl sites for hydroxylation is 2. The van der Waals surface area contributed by atoms with Crippen molar-refractivity contribution < 1.29 is 8.96 Å². The predicted octanol–water partition coefficient (Wildman–Crippen LogP) is 4.99. The van der Waals surface area contributed by atoms with Gasteiger partial charge in [-0.2, -0.15) is 0 Å². The van der Waals surface area contributed by atoms with Gasteiger partial charge in [-0.05, 0) is 78.5 Å². The first-order valence-electron chi connectivity index (χ1n) is 8.83. The summed E-state index contributed by atoms with van der Waals surface area (Å²) in [5.41, 5.74) is 6.84. The van der Waals surface area contributed by atoms with Crippen LogP contribution in [0.3, 0.4) is 0 Å². The van der Waals surface area contributed by atoms with Gasteiger partial charge in [0.25, 0.3) is 6.33 Å². The summed E-state index contributed by atoms with van der Waals surface area (Å²) in [6, 6.07) is 8.45. The van der Waals surface area contributed by atoms with E-state index in [1.165, 1.54) is 5.56 Å². The number of fused-ring (bicyclic) bond motifs is 1. The highest BCUT2D eigenvalue weighted by Gasteiger charge is 2.20. The van der Waals surface area contributed by atoms with Gasteiger partial charge in [-0.1, -0.05) is 19.9 Å². The Morgan fingerprint density at radius 2 is 1.80 bits per heavy atom. The molecule has 0 N–H and O–H groups in total. The molecule has 2 aromatic carbocycles. The molecular formula is C22H26FN2+. The predicted molar refractivity (Wildman–Crippen MR) is 101 cm³/mol. The smallest absolute Gasteiger partial charge is 0.232 e. The largest absolute Gasteiger partial charge is 0.287 e. The van der Waals surface area contributed by atoms with E-state index in [1.54, 1.807) is 0 Å². The average Bonchev–Trinajstić information content (AvgIpc) is 2.56. The van der Waals surface area contributed by atoms with Crippen LogP contribution in [-0.4, -0.2) is 4.98 Å². The highest BCUT2D eigenvalue weighted by atomic mass is 19.1. The van der Waals surface area contributed by atoms with E-state index in [0.717, 1.165) is 39.7 Å². The van der Waals surface area contributed by atoms with Crippen LogP contribution in [-0.2, 0) is 13.5 Å². The third-order valence-electron chi connectivity index (χ3n) is 4.94. The van der Waals surface area contributed by atoms with Crippen LogP contribution in [0.1, 0.15) is 36.1 Å². The van der Waals surface area contributed by atoms with Crippen molar-refractivity contribution in [2.75, 3.05) is 0 Å². The molecule has 0 saturated heterocycles. The maximum Gasteiger partial charge on any atom is 0.287 e. The van der Waals surface area contributed by atoms with Crippen molar-refractivity contribution in [1.29, 1.82) is 0 Å². The molecule has 0 aliphatic carbocycles. The SMILES string of the molecule is Cc1cc(-c2c3cc(CC(C)C)ccc3nc[n+]2C)c(C)c(C)c1F. The zero-order valence-corrected chi connectivity index (χ0v) is 15.9. The molecule has 0 radical (unpaired) electrons. The second-order valence-corrected chi connectivity index (χ2v) is 7.46. The molecule has 0 fully saturated rings. The maximum atomic E-state index is 14.3. The van der Waals surface area contributed by atoms with E-state index in [9.17, 15) is 4.39 Å². The first kappa shape index (κ1) is 17.5. The Morgan fingerprint density at radius 1 is 1.08 bits per heavy atom. The van der Waals surface area contributed by atoms with Gasteiger partial charge < -0.3 is 0 Å². The van der Waals surface area contributed by atoms with Crippen molar-refractivity contribution in [2.24, 2.45) is 13.0 Å². The zero-order valence-electron chi connectivity index (χ0n) is 15.9. The average molecular weight is 337 g/mol. The van der Waals surface area contributed by atoms with Gasteiger partial charge in [-0.15, -0.1) is 0 Å². The molecule has 0 amide bonds. The van der Waals surface area contributed by atoms with Crippen LogP contribution in [0.4, 0.5) is 4.39 Å². The normalized spacial score (nSPS) is 11.5. The fourth-order valence-electron chi connectivity index (χ4n) is 3.51. The molecule has 0 aliphatic rings. The van der Waals surface area contributed by atoms with Crippen molar-refractivity contribution in [3.63, 3.8) is 0 Å². The van der Waals surface area contributed by atoms with Crippen LogP contribution < -0.4 is 4.57 Å². The Hall–Kier alpha value is -2.29. The Bertz CT molecular complexity index is 958. The lowest BCUT2D eigenvalue weighted by atomic mass is 9.93. The third-order valence-corrected chi connectivity index (χ3v) is 4.94. The summed E-state index contributed by atoms with van der Waals surface area (Å²) in [5, 5.41) is 1.12. The van der Waals surface area contributed by atoms with Crippen LogP contribution >= 0.6 is 0 Å². The van der Waals surface area contributed by atoms with E-state index >= 15 is 0 Å². The number of halogens is 1. The molecule has 130 valence electrons.